The summed E-state index contributed by atoms with van der Waals surface area (Å²) in [6, 6.07) is 14.4. The van der Waals surface area contributed by atoms with Crippen LogP contribution in [0.25, 0.3) is 0 Å². The minimum Gasteiger partial charge on any atom is -0.338 e. The fourth-order valence-corrected chi connectivity index (χ4v) is 3.33. The molecule has 5 nitrogen and oxygen atoms in total. The molecule has 3 rings (SSSR count). The van der Waals surface area contributed by atoms with E-state index in [0.717, 1.165) is 12.0 Å². The highest BCUT2D eigenvalue weighted by Gasteiger charge is 2.29. The van der Waals surface area contributed by atoms with Gasteiger partial charge in [0.25, 0.3) is 5.91 Å². The first-order valence-electron chi connectivity index (χ1n) is 8.74. The normalized spacial score (nSPS) is 16.8. The standard InChI is InChI=1S/C20H20Cl2N2O3/c21-17-9-8-15(11-18(17)22)20(26)24-10-4-7-16(12-24)19(25)23-27-13-14-5-2-1-3-6-14/h1-3,5-6,8-9,11,16H,4,7,10,12-13H2,(H,23,25). The summed E-state index contributed by atoms with van der Waals surface area (Å²) >= 11 is 11.9. The summed E-state index contributed by atoms with van der Waals surface area (Å²) in [7, 11) is 0. The van der Waals surface area contributed by atoms with Crippen molar-refractivity contribution in [3.63, 3.8) is 0 Å². The fourth-order valence-electron chi connectivity index (χ4n) is 3.04. The van der Waals surface area contributed by atoms with E-state index in [-0.39, 0.29) is 17.7 Å². The van der Waals surface area contributed by atoms with Crippen LogP contribution in [-0.2, 0) is 16.2 Å². The molecule has 0 aromatic heterocycles. The number of halogens is 2. The van der Waals surface area contributed by atoms with Crippen molar-refractivity contribution in [3.05, 3.63) is 69.7 Å². The Morgan fingerprint density at radius 2 is 1.89 bits per heavy atom. The number of hydrogen-bond donors (Lipinski definition) is 1. The zero-order valence-corrected chi connectivity index (χ0v) is 16.2. The average molecular weight is 407 g/mol. The second-order valence-electron chi connectivity index (χ2n) is 6.46. The number of nitrogens with zero attached hydrogens (tertiary/aromatic N) is 1. The van der Waals surface area contributed by atoms with E-state index in [1.54, 1.807) is 23.1 Å². The number of benzene rings is 2. The molecule has 1 N–H and O–H groups in total. The third kappa shape index (κ3) is 5.22. The molecule has 7 heteroatoms. The van der Waals surface area contributed by atoms with Crippen LogP contribution in [0.3, 0.4) is 0 Å². The Balaban J connectivity index is 1.54. The Labute approximate surface area is 168 Å². The number of carbonyl (C=O) groups is 2. The Morgan fingerprint density at radius 1 is 1.11 bits per heavy atom. The zero-order chi connectivity index (χ0) is 19.2. The highest BCUT2D eigenvalue weighted by Crippen LogP contribution is 2.25. The maximum absolute atomic E-state index is 12.7. The van der Waals surface area contributed by atoms with Crippen LogP contribution >= 0.6 is 23.2 Å². The Morgan fingerprint density at radius 3 is 2.63 bits per heavy atom. The maximum Gasteiger partial charge on any atom is 0.253 e. The quantitative estimate of drug-likeness (QED) is 0.760. The molecule has 0 aliphatic carbocycles. The number of likely N-dealkylation sites (tertiary alicyclic amines) is 1. The first-order valence-corrected chi connectivity index (χ1v) is 9.50. The topological polar surface area (TPSA) is 58.6 Å². The third-order valence-electron chi connectivity index (χ3n) is 4.50. The van der Waals surface area contributed by atoms with Crippen molar-refractivity contribution in [1.29, 1.82) is 0 Å². The molecule has 2 aromatic carbocycles. The van der Waals surface area contributed by atoms with Gasteiger partial charge in [-0.2, -0.15) is 0 Å². The smallest absolute Gasteiger partial charge is 0.253 e. The number of hydroxylamine groups is 1. The van der Waals surface area contributed by atoms with Crippen LogP contribution in [0.5, 0.6) is 0 Å². The molecule has 0 bridgehead atoms. The number of hydrogen-bond acceptors (Lipinski definition) is 3. The van der Waals surface area contributed by atoms with Crippen LogP contribution in [0.4, 0.5) is 0 Å². The van der Waals surface area contributed by atoms with E-state index in [4.69, 9.17) is 28.0 Å². The number of rotatable bonds is 5. The van der Waals surface area contributed by atoms with Crippen molar-refractivity contribution < 1.29 is 14.4 Å². The summed E-state index contributed by atoms with van der Waals surface area (Å²) in [6.07, 6.45) is 1.47. The van der Waals surface area contributed by atoms with Crippen LogP contribution in [0.15, 0.2) is 48.5 Å². The molecule has 27 heavy (non-hydrogen) atoms. The first kappa shape index (κ1) is 19.7. The largest absolute Gasteiger partial charge is 0.338 e. The lowest BCUT2D eigenvalue weighted by Gasteiger charge is -2.32. The van der Waals surface area contributed by atoms with E-state index < -0.39 is 0 Å². The summed E-state index contributed by atoms with van der Waals surface area (Å²) in [4.78, 5) is 32.1. The number of piperidine rings is 1. The van der Waals surface area contributed by atoms with Gasteiger partial charge in [0, 0.05) is 18.7 Å². The lowest BCUT2D eigenvalue weighted by molar-refractivity contribution is -0.140. The summed E-state index contributed by atoms with van der Waals surface area (Å²) in [6.45, 7) is 1.25. The zero-order valence-electron chi connectivity index (χ0n) is 14.7. The van der Waals surface area contributed by atoms with Crippen LogP contribution in [0, 0.1) is 5.92 Å². The Bertz CT molecular complexity index is 814. The lowest BCUT2D eigenvalue weighted by atomic mass is 9.97. The van der Waals surface area contributed by atoms with E-state index in [1.807, 2.05) is 30.3 Å². The van der Waals surface area contributed by atoms with Gasteiger partial charge in [0.15, 0.2) is 0 Å². The highest BCUT2D eigenvalue weighted by molar-refractivity contribution is 6.42. The van der Waals surface area contributed by atoms with Crippen molar-refractivity contribution in [2.24, 2.45) is 5.92 Å². The predicted octanol–water partition coefficient (Wildman–Crippen LogP) is 4.09. The number of nitrogens with one attached hydrogen (secondary N) is 1. The van der Waals surface area contributed by atoms with Gasteiger partial charge in [0.2, 0.25) is 5.91 Å². The molecule has 1 unspecified atom stereocenters. The summed E-state index contributed by atoms with van der Waals surface area (Å²) in [5, 5.41) is 0.739. The van der Waals surface area contributed by atoms with Gasteiger partial charge in [0.1, 0.15) is 0 Å². The highest BCUT2D eigenvalue weighted by atomic mass is 35.5. The molecule has 0 radical (unpaired) electrons. The second-order valence-corrected chi connectivity index (χ2v) is 7.27. The monoisotopic (exact) mass is 406 g/mol. The van der Waals surface area contributed by atoms with Gasteiger partial charge in [-0.25, -0.2) is 5.48 Å². The molecule has 1 heterocycles. The fraction of sp³-hybridized carbons (Fsp3) is 0.300. The van der Waals surface area contributed by atoms with E-state index in [0.29, 0.717) is 41.7 Å². The van der Waals surface area contributed by atoms with E-state index in [1.165, 1.54) is 0 Å². The first-order chi connectivity index (χ1) is 13.0. The molecule has 0 saturated carbocycles. The summed E-state index contributed by atoms with van der Waals surface area (Å²) in [5.41, 5.74) is 3.94. The molecular weight excluding hydrogens is 387 g/mol. The molecule has 142 valence electrons. The Kier molecular flexibility index (Phi) is 6.72. The van der Waals surface area contributed by atoms with Crippen molar-refractivity contribution in [3.8, 4) is 0 Å². The molecule has 1 aliphatic rings. The average Bonchev–Trinajstić information content (AvgIpc) is 2.70. The van der Waals surface area contributed by atoms with Gasteiger partial charge >= 0.3 is 0 Å². The molecule has 0 spiro atoms. The van der Waals surface area contributed by atoms with Gasteiger partial charge < -0.3 is 4.90 Å². The summed E-state index contributed by atoms with van der Waals surface area (Å²) < 4.78 is 0. The SMILES string of the molecule is O=C(NOCc1ccccc1)C1CCCN(C(=O)c2ccc(Cl)c(Cl)c2)C1. The van der Waals surface area contributed by atoms with Crippen molar-refractivity contribution in [2.75, 3.05) is 13.1 Å². The van der Waals surface area contributed by atoms with Crippen molar-refractivity contribution >= 4 is 35.0 Å². The molecular formula is C20H20Cl2N2O3. The van der Waals surface area contributed by atoms with Gasteiger partial charge in [-0.1, -0.05) is 53.5 Å². The van der Waals surface area contributed by atoms with Crippen molar-refractivity contribution in [2.45, 2.75) is 19.4 Å². The molecule has 1 aliphatic heterocycles. The van der Waals surface area contributed by atoms with Gasteiger partial charge in [-0.15, -0.1) is 0 Å². The van der Waals surface area contributed by atoms with Gasteiger partial charge in [-0.05, 0) is 36.6 Å². The molecule has 2 aromatic rings. The third-order valence-corrected chi connectivity index (χ3v) is 5.24. The van der Waals surface area contributed by atoms with Crippen LogP contribution in [0.2, 0.25) is 10.0 Å². The second kappa shape index (κ2) is 9.22. The molecule has 1 atom stereocenters. The van der Waals surface area contributed by atoms with E-state index in [9.17, 15) is 9.59 Å². The number of carbonyl (C=O) groups excluding carboxylic acids is 2. The lowest BCUT2D eigenvalue weighted by Crippen LogP contribution is -2.45. The Hall–Kier alpha value is -2.08. The van der Waals surface area contributed by atoms with Crippen LogP contribution in [0.1, 0.15) is 28.8 Å². The van der Waals surface area contributed by atoms with Crippen LogP contribution < -0.4 is 5.48 Å². The van der Waals surface area contributed by atoms with Crippen molar-refractivity contribution in [1.82, 2.24) is 10.4 Å². The minimum atomic E-state index is -0.304. The van der Waals surface area contributed by atoms with Gasteiger partial charge in [-0.3, -0.25) is 14.4 Å². The molecule has 1 fully saturated rings. The number of amides is 2. The maximum atomic E-state index is 12.7. The molecule has 2 amide bonds. The van der Waals surface area contributed by atoms with Gasteiger partial charge in [0.05, 0.1) is 22.6 Å². The van der Waals surface area contributed by atoms with E-state index >= 15 is 0 Å². The minimum absolute atomic E-state index is 0.156. The predicted molar refractivity (Wildman–Crippen MR) is 104 cm³/mol. The summed E-state index contributed by atoms with van der Waals surface area (Å²) in [5.74, 6) is -0.671. The van der Waals surface area contributed by atoms with Crippen LogP contribution in [-0.4, -0.2) is 29.8 Å². The molecule has 1 saturated heterocycles. The van der Waals surface area contributed by atoms with E-state index in [2.05, 4.69) is 5.48 Å².